The fourth-order valence-corrected chi connectivity index (χ4v) is 5.26. The third kappa shape index (κ3) is 5.61. The van der Waals surface area contributed by atoms with Crippen molar-refractivity contribution >= 4 is 62.3 Å². The summed E-state index contributed by atoms with van der Waals surface area (Å²) in [6.45, 7) is 3.80. The van der Waals surface area contributed by atoms with Crippen LogP contribution in [0.2, 0.25) is 10.0 Å². The van der Waals surface area contributed by atoms with Gasteiger partial charge >= 0.3 is 0 Å². The van der Waals surface area contributed by atoms with Crippen molar-refractivity contribution in [3.8, 4) is 16.9 Å². The van der Waals surface area contributed by atoms with E-state index in [1.807, 2.05) is 6.92 Å². The average Bonchev–Trinajstić information content (AvgIpc) is 3.45. The van der Waals surface area contributed by atoms with Crippen LogP contribution in [0.5, 0.6) is 5.75 Å². The molecule has 3 aromatic rings. The molecule has 0 bridgehead atoms. The minimum atomic E-state index is -1.03. The molecule has 0 saturated heterocycles. The zero-order valence-electron chi connectivity index (χ0n) is 18.6. The van der Waals surface area contributed by atoms with E-state index in [1.54, 1.807) is 19.1 Å². The van der Waals surface area contributed by atoms with Gasteiger partial charge in [-0.3, -0.25) is 14.6 Å². The molecule has 0 unspecified atom stereocenters. The first-order valence-corrected chi connectivity index (χ1v) is 13.0. The van der Waals surface area contributed by atoms with Gasteiger partial charge in [0.05, 0.1) is 29.6 Å². The molecule has 1 aliphatic rings. The van der Waals surface area contributed by atoms with Gasteiger partial charge in [0.25, 0.3) is 5.91 Å². The topological polar surface area (TPSA) is 93.2 Å². The minimum absolute atomic E-state index is 0.0571. The van der Waals surface area contributed by atoms with Crippen molar-refractivity contribution in [3.63, 3.8) is 0 Å². The first kappa shape index (κ1) is 25.8. The van der Waals surface area contributed by atoms with E-state index in [-0.39, 0.29) is 11.6 Å². The molecule has 4 rings (SSSR count). The van der Waals surface area contributed by atoms with Gasteiger partial charge in [-0.1, -0.05) is 23.2 Å². The number of aromatic nitrogens is 2. The van der Waals surface area contributed by atoms with Crippen LogP contribution < -0.4 is 15.4 Å². The number of hydrogen-bond acceptors (Lipinski definition) is 6. The number of amides is 2. The number of benzene rings is 1. The molecular weight excluding hydrogens is 582 g/mol. The highest BCUT2D eigenvalue weighted by atomic mass is 79.9. The predicted octanol–water partition coefficient (Wildman–Crippen LogP) is 5.95. The molecule has 0 spiro atoms. The molecule has 2 N–H and O–H groups in total. The Balaban J connectivity index is 1.50. The second-order valence-electron chi connectivity index (χ2n) is 8.00. The lowest BCUT2D eigenvalue weighted by molar-refractivity contribution is -0.124. The third-order valence-corrected chi connectivity index (χ3v) is 7.45. The average molecular weight is 602 g/mol. The van der Waals surface area contributed by atoms with E-state index in [2.05, 4.69) is 36.5 Å². The van der Waals surface area contributed by atoms with Crippen molar-refractivity contribution in [1.29, 1.82) is 0 Å². The molecule has 1 aliphatic carbocycles. The van der Waals surface area contributed by atoms with Crippen molar-refractivity contribution in [2.75, 3.05) is 6.61 Å². The summed E-state index contributed by atoms with van der Waals surface area (Å²) >= 11 is 16.8. The van der Waals surface area contributed by atoms with E-state index >= 15 is 4.39 Å². The van der Waals surface area contributed by atoms with Gasteiger partial charge < -0.3 is 15.4 Å². The molecule has 1 aromatic carbocycles. The predicted molar refractivity (Wildman–Crippen MR) is 137 cm³/mol. The standard InChI is InChI=1S/C23H20BrCl2FN4O3S/c1-3-34-19-14(7-13(25)8-15(19)26)12-6-16(27)18(28-9-12)11(2)30-21(33)23(4-5-23)31-20(32)17-10-29-22(24)35-17/h6-11H,3-5H2,1-2H3,(H,30,33)(H,31,32)/t11-/m1/s1. The van der Waals surface area contributed by atoms with Gasteiger partial charge in [0.2, 0.25) is 5.91 Å². The number of ether oxygens (including phenoxy) is 1. The van der Waals surface area contributed by atoms with Gasteiger partial charge in [0.1, 0.15) is 22.0 Å². The molecular formula is C23H20BrCl2FN4O3S. The van der Waals surface area contributed by atoms with Crippen molar-refractivity contribution in [2.24, 2.45) is 0 Å². The summed E-state index contributed by atoms with van der Waals surface area (Å²) in [6.07, 6.45) is 3.89. The van der Waals surface area contributed by atoms with Crippen LogP contribution in [-0.2, 0) is 4.79 Å². The maximum Gasteiger partial charge on any atom is 0.263 e. The van der Waals surface area contributed by atoms with Crippen LogP contribution in [0.25, 0.3) is 11.1 Å². The molecule has 1 atom stereocenters. The highest BCUT2D eigenvalue weighted by Gasteiger charge is 2.51. The van der Waals surface area contributed by atoms with Crippen LogP contribution in [0.1, 0.15) is 48.1 Å². The fourth-order valence-electron chi connectivity index (χ4n) is 3.55. The lowest BCUT2D eigenvalue weighted by Gasteiger charge is -2.21. The largest absolute Gasteiger partial charge is 0.492 e. The zero-order chi connectivity index (χ0) is 25.3. The van der Waals surface area contributed by atoms with Gasteiger partial charge in [0, 0.05) is 22.3 Å². The molecule has 1 saturated carbocycles. The lowest BCUT2D eigenvalue weighted by atomic mass is 10.0. The highest BCUT2D eigenvalue weighted by molar-refractivity contribution is 9.11. The summed E-state index contributed by atoms with van der Waals surface area (Å²) in [5.74, 6) is -1.01. The van der Waals surface area contributed by atoms with Crippen LogP contribution in [0.15, 0.2) is 34.5 Å². The highest BCUT2D eigenvalue weighted by Crippen LogP contribution is 2.40. The molecule has 35 heavy (non-hydrogen) atoms. The SMILES string of the molecule is CCOc1c(Cl)cc(Cl)cc1-c1cnc([C@@H](C)NC(=O)C2(NC(=O)c3cnc(Br)s3)CC2)c(F)c1. The molecule has 0 radical (unpaired) electrons. The number of hydrogen-bond donors (Lipinski definition) is 2. The number of nitrogens with zero attached hydrogens (tertiary/aromatic N) is 2. The number of pyridine rings is 1. The Morgan fingerprint density at radius 3 is 2.60 bits per heavy atom. The summed E-state index contributed by atoms with van der Waals surface area (Å²) < 4.78 is 21.3. The molecule has 0 aliphatic heterocycles. The zero-order valence-corrected chi connectivity index (χ0v) is 22.5. The van der Waals surface area contributed by atoms with Crippen molar-refractivity contribution in [3.05, 3.63) is 60.9 Å². The first-order valence-electron chi connectivity index (χ1n) is 10.7. The Labute approximate surface area is 223 Å². The Hall–Kier alpha value is -2.27. The van der Waals surface area contributed by atoms with Crippen LogP contribution in [0, 0.1) is 5.82 Å². The number of halogens is 4. The van der Waals surface area contributed by atoms with Gasteiger partial charge in [-0.25, -0.2) is 9.37 Å². The van der Waals surface area contributed by atoms with E-state index in [1.165, 1.54) is 29.8 Å². The molecule has 184 valence electrons. The number of rotatable bonds is 8. The van der Waals surface area contributed by atoms with E-state index < -0.39 is 23.3 Å². The minimum Gasteiger partial charge on any atom is -0.492 e. The number of carbonyl (C=O) groups excluding carboxylic acids is 2. The third-order valence-electron chi connectivity index (χ3n) is 5.47. The van der Waals surface area contributed by atoms with Crippen LogP contribution in [0.4, 0.5) is 4.39 Å². The summed E-state index contributed by atoms with van der Waals surface area (Å²) in [4.78, 5) is 34.0. The normalized spacial score (nSPS) is 14.8. The summed E-state index contributed by atoms with van der Waals surface area (Å²) in [7, 11) is 0. The number of nitrogens with one attached hydrogen (secondary N) is 2. The van der Waals surface area contributed by atoms with Gasteiger partial charge in [-0.2, -0.15) is 0 Å². The second kappa shape index (κ2) is 10.4. The molecule has 7 nitrogen and oxygen atoms in total. The smallest absolute Gasteiger partial charge is 0.263 e. The van der Waals surface area contributed by atoms with Crippen molar-refractivity contribution in [2.45, 2.75) is 38.3 Å². The fraction of sp³-hybridized carbons (Fsp3) is 0.304. The van der Waals surface area contributed by atoms with Gasteiger partial charge in [0.15, 0.2) is 3.92 Å². The summed E-state index contributed by atoms with van der Waals surface area (Å²) in [5, 5.41) is 6.22. The number of carbonyl (C=O) groups is 2. The van der Waals surface area contributed by atoms with Crippen LogP contribution in [0.3, 0.4) is 0 Å². The quantitative estimate of drug-likeness (QED) is 0.333. The van der Waals surface area contributed by atoms with Gasteiger partial charge in [-0.05, 0) is 60.8 Å². The monoisotopic (exact) mass is 600 g/mol. The van der Waals surface area contributed by atoms with E-state index in [0.29, 0.717) is 55.2 Å². The first-order chi connectivity index (χ1) is 16.6. The molecule has 2 aromatic heterocycles. The summed E-state index contributed by atoms with van der Waals surface area (Å²) in [6, 6.07) is 3.73. The lowest BCUT2D eigenvalue weighted by Crippen LogP contribution is -2.49. The Bertz CT molecular complexity index is 1300. The van der Waals surface area contributed by atoms with Crippen LogP contribution in [-0.4, -0.2) is 33.9 Å². The molecule has 2 heterocycles. The molecule has 1 fully saturated rings. The van der Waals surface area contributed by atoms with E-state index in [0.717, 1.165) is 0 Å². The van der Waals surface area contributed by atoms with Crippen molar-refractivity contribution in [1.82, 2.24) is 20.6 Å². The van der Waals surface area contributed by atoms with Crippen LogP contribution >= 0.6 is 50.5 Å². The van der Waals surface area contributed by atoms with Gasteiger partial charge in [-0.15, -0.1) is 11.3 Å². The van der Waals surface area contributed by atoms with E-state index in [4.69, 9.17) is 27.9 Å². The maximum atomic E-state index is 15.1. The maximum absolute atomic E-state index is 15.1. The Morgan fingerprint density at radius 1 is 1.26 bits per heavy atom. The molecule has 12 heteroatoms. The Morgan fingerprint density at radius 2 is 2.00 bits per heavy atom. The van der Waals surface area contributed by atoms with Crippen molar-refractivity contribution < 1.29 is 18.7 Å². The molecule has 2 amide bonds. The number of thiazole rings is 1. The second-order valence-corrected chi connectivity index (χ2v) is 11.1. The summed E-state index contributed by atoms with van der Waals surface area (Å²) in [5.41, 5.74) is -0.0309. The van der Waals surface area contributed by atoms with E-state index in [9.17, 15) is 9.59 Å². The Kier molecular flexibility index (Phi) is 7.65.